The molecule has 3 aliphatic rings. The molecular formula is C29H34N2O2. The van der Waals surface area contributed by atoms with Crippen molar-refractivity contribution in [2.45, 2.75) is 31.2 Å². The SMILES string of the molecule is c1ccc2cc(C3CN4CCCC4c4cc(OCCCN5CCOCC5)ccc43)ccc2c1. The van der Waals surface area contributed by atoms with Crippen molar-refractivity contribution in [3.8, 4) is 5.75 Å². The van der Waals surface area contributed by atoms with E-state index in [9.17, 15) is 0 Å². The van der Waals surface area contributed by atoms with E-state index in [0.717, 1.165) is 58.2 Å². The van der Waals surface area contributed by atoms with E-state index >= 15 is 0 Å². The van der Waals surface area contributed by atoms with E-state index in [2.05, 4.69) is 70.5 Å². The molecule has 0 aliphatic carbocycles. The summed E-state index contributed by atoms with van der Waals surface area (Å²) in [5.74, 6) is 1.45. The number of rotatable bonds is 6. The van der Waals surface area contributed by atoms with Gasteiger partial charge in [-0.1, -0.05) is 48.5 Å². The van der Waals surface area contributed by atoms with E-state index < -0.39 is 0 Å². The highest BCUT2D eigenvalue weighted by Gasteiger charge is 2.36. The van der Waals surface area contributed by atoms with Crippen LogP contribution in [0.25, 0.3) is 10.8 Å². The summed E-state index contributed by atoms with van der Waals surface area (Å²) in [6.45, 7) is 8.02. The van der Waals surface area contributed by atoms with Gasteiger partial charge in [0.1, 0.15) is 5.75 Å². The first-order valence-electron chi connectivity index (χ1n) is 12.6. The molecule has 2 fully saturated rings. The van der Waals surface area contributed by atoms with Crippen LogP contribution >= 0.6 is 0 Å². The average molecular weight is 443 g/mol. The highest BCUT2D eigenvalue weighted by Crippen LogP contribution is 2.45. The van der Waals surface area contributed by atoms with Crippen molar-refractivity contribution in [3.63, 3.8) is 0 Å². The molecule has 3 heterocycles. The number of fused-ring (bicyclic) bond motifs is 4. The van der Waals surface area contributed by atoms with Crippen molar-refractivity contribution in [2.75, 3.05) is 52.5 Å². The predicted octanol–water partition coefficient (Wildman–Crippen LogP) is 5.22. The number of nitrogens with zero attached hydrogens (tertiary/aromatic N) is 2. The maximum Gasteiger partial charge on any atom is 0.119 e. The molecule has 2 atom stereocenters. The summed E-state index contributed by atoms with van der Waals surface area (Å²) in [5, 5.41) is 2.65. The van der Waals surface area contributed by atoms with Crippen LogP contribution in [-0.2, 0) is 4.74 Å². The van der Waals surface area contributed by atoms with Gasteiger partial charge in [-0.25, -0.2) is 0 Å². The molecule has 3 aromatic carbocycles. The van der Waals surface area contributed by atoms with Gasteiger partial charge in [-0.3, -0.25) is 9.80 Å². The largest absolute Gasteiger partial charge is 0.494 e. The lowest BCUT2D eigenvalue weighted by molar-refractivity contribution is 0.0358. The van der Waals surface area contributed by atoms with Gasteiger partial charge in [0.05, 0.1) is 19.8 Å². The Labute approximate surface area is 197 Å². The second kappa shape index (κ2) is 9.46. The van der Waals surface area contributed by atoms with Gasteiger partial charge < -0.3 is 9.47 Å². The zero-order valence-electron chi connectivity index (χ0n) is 19.4. The fourth-order valence-electron chi connectivity index (χ4n) is 5.99. The standard InChI is InChI=1S/C29H34N2O2/c1-2-6-23-19-24(9-8-22(23)5-1)28-21-31-13-3-7-29(31)27-20-25(10-11-26(27)28)33-16-4-12-30-14-17-32-18-15-30/h1-2,5-6,8-11,19-20,28-29H,3-4,7,12-18,21H2. The highest BCUT2D eigenvalue weighted by molar-refractivity contribution is 5.83. The first-order chi connectivity index (χ1) is 16.3. The molecule has 2 saturated heterocycles. The number of ether oxygens (including phenoxy) is 2. The Morgan fingerprint density at radius 1 is 0.879 bits per heavy atom. The van der Waals surface area contributed by atoms with Gasteiger partial charge in [0.2, 0.25) is 0 Å². The molecule has 3 aliphatic heterocycles. The molecule has 0 saturated carbocycles. The molecule has 4 nitrogen and oxygen atoms in total. The number of morpholine rings is 1. The molecule has 0 amide bonds. The van der Waals surface area contributed by atoms with Crippen LogP contribution in [0.1, 0.15) is 47.9 Å². The lowest BCUT2D eigenvalue weighted by Gasteiger charge is -2.38. The van der Waals surface area contributed by atoms with Gasteiger partial charge in [0.15, 0.2) is 0 Å². The molecule has 3 aromatic rings. The van der Waals surface area contributed by atoms with E-state index in [1.165, 1.54) is 46.8 Å². The third-order valence-corrected chi connectivity index (χ3v) is 7.74. The van der Waals surface area contributed by atoms with Crippen molar-refractivity contribution in [3.05, 3.63) is 77.4 Å². The molecular weight excluding hydrogens is 408 g/mol. The zero-order valence-corrected chi connectivity index (χ0v) is 19.4. The maximum absolute atomic E-state index is 6.23. The Morgan fingerprint density at radius 3 is 2.67 bits per heavy atom. The maximum atomic E-state index is 6.23. The quantitative estimate of drug-likeness (QED) is 0.489. The molecule has 33 heavy (non-hydrogen) atoms. The number of hydrogen-bond acceptors (Lipinski definition) is 4. The van der Waals surface area contributed by atoms with Crippen molar-refractivity contribution in [1.29, 1.82) is 0 Å². The monoisotopic (exact) mass is 442 g/mol. The fourth-order valence-corrected chi connectivity index (χ4v) is 5.99. The second-order valence-corrected chi connectivity index (χ2v) is 9.76. The van der Waals surface area contributed by atoms with Gasteiger partial charge in [0.25, 0.3) is 0 Å². The molecule has 0 aromatic heterocycles. The average Bonchev–Trinajstić information content (AvgIpc) is 3.35. The van der Waals surface area contributed by atoms with Crippen LogP contribution in [0.4, 0.5) is 0 Å². The third-order valence-electron chi connectivity index (χ3n) is 7.74. The molecule has 0 radical (unpaired) electrons. The smallest absolute Gasteiger partial charge is 0.119 e. The molecule has 0 bridgehead atoms. The van der Waals surface area contributed by atoms with Gasteiger partial charge in [-0.05, 0) is 65.4 Å². The number of benzene rings is 3. The van der Waals surface area contributed by atoms with E-state index in [4.69, 9.17) is 9.47 Å². The molecule has 172 valence electrons. The van der Waals surface area contributed by atoms with Gasteiger partial charge in [-0.2, -0.15) is 0 Å². The van der Waals surface area contributed by atoms with Gasteiger partial charge in [0, 0.05) is 38.1 Å². The Bertz CT molecular complexity index is 1110. The summed E-state index contributed by atoms with van der Waals surface area (Å²) in [6.07, 6.45) is 3.61. The van der Waals surface area contributed by atoms with Crippen LogP contribution in [0.3, 0.4) is 0 Å². The molecule has 2 unspecified atom stereocenters. The van der Waals surface area contributed by atoms with Crippen molar-refractivity contribution in [1.82, 2.24) is 9.80 Å². The lowest BCUT2D eigenvalue weighted by Crippen LogP contribution is -2.37. The second-order valence-electron chi connectivity index (χ2n) is 9.76. The minimum atomic E-state index is 0.425. The van der Waals surface area contributed by atoms with E-state index in [1.54, 1.807) is 0 Å². The summed E-state index contributed by atoms with van der Waals surface area (Å²) >= 11 is 0. The van der Waals surface area contributed by atoms with Crippen molar-refractivity contribution in [2.24, 2.45) is 0 Å². The Hall–Kier alpha value is -2.40. The third kappa shape index (κ3) is 4.40. The topological polar surface area (TPSA) is 24.9 Å². The molecule has 6 rings (SSSR count). The molecule has 4 heteroatoms. The Kier molecular flexibility index (Phi) is 6.06. The van der Waals surface area contributed by atoms with Crippen LogP contribution < -0.4 is 4.74 Å². The molecule has 0 spiro atoms. The summed E-state index contributed by atoms with van der Waals surface area (Å²) in [6, 6.07) is 23.2. The summed E-state index contributed by atoms with van der Waals surface area (Å²) in [4.78, 5) is 5.18. The van der Waals surface area contributed by atoms with Crippen LogP contribution in [0.15, 0.2) is 60.7 Å². The first kappa shape index (κ1) is 21.2. The summed E-state index contributed by atoms with van der Waals surface area (Å²) in [5.41, 5.74) is 4.41. The van der Waals surface area contributed by atoms with Crippen LogP contribution in [0.5, 0.6) is 5.75 Å². The van der Waals surface area contributed by atoms with Crippen LogP contribution in [0.2, 0.25) is 0 Å². The van der Waals surface area contributed by atoms with E-state index in [1.807, 2.05) is 0 Å². The van der Waals surface area contributed by atoms with Crippen molar-refractivity contribution < 1.29 is 9.47 Å². The van der Waals surface area contributed by atoms with Crippen LogP contribution in [0, 0.1) is 0 Å². The summed E-state index contributed by atoms with van der Waals surface area (Å²) in [7, 11) is 0. The first-order valence-corrected chi connectivity index (χ1v) is 12.6. The van der Waals surface area contributed by atoms with Crippen molar-refractivity contribution >= 4 is 10.8 Å². The Morgan fingerprint density at radius 2 is 1.76 bits per heavy atom. The fraction of sp³-hybridized carbons (Fsp3) is 0.448. The predicted molar refractivity (Wildman–Crippen MR) is 133 cm³/mol. The lowest BCUT2D eigenvalue weighted by atomic mass is 9.81. The van der Waals surface area contributed by atoms with Gasteiger partial charge in [-0.15, -0.1) is 0 Å². The van der Waals surface area contributed by atoms with E-state index in [0.29, 0.717) is 12.0 Å². The molecule has 0 N–H and O–H groups in total. The summed E-state index contributed by atoms with van der Waals surface area (Å²) < 4.78 is 11.7. The zero-order chi connectivity index (χ0) is 22.0. The van der Waals surface area contributed by atoms with Crippen LogP contribution in [-0.4, -0.2) is 62.3 Å². The number of hydrogen-bond donors (Lipinski definition) is 0. The minimum Gasteiger partial charge on any atom is -0.494 e. The van der Waals surface area contributed by atoms with Gasteiger partial charge >= 0.3 is 0 Å². The normalized spacial score (nSPS) is 23.4. The minimum absolute atomic E-state index is 0.425. The Balaban J connectivity index is 1.21. The highest BCUT2D eigenvalue weighted by atomic mass is 16.5. The van der Waals surface area contributed by atoms with E-state index in [-0.39, 0.29) is 0 Å².